The Morgan fingerprint density at radius 3 is 2.40 bits per heavy atom. The first-order chi connectivity index (χ1) is 12.0. The van der Waals surface area contributed by atoms with Crippen LogP contribution < -0.4 is 10.6 Å². The normalized spacial score (nSPS) is 10.3. The molecule has 0 bridgehead atoms. The van der Waals surface area contributed by atoms with Crippen LogP contribution in [0.4, 0.5) is 17.1 Å². The Balaban J connectivity index is 2.02. The molecule has 0 fully saturated rings. The highest BCUT2D eigenvalue weighted by Crippen LogP contribution is 2.27. The number of anilines is 2. The van der Waals surface area contributed by atoms with Crippen LogP contribution in [0.1, 0.15) is 16.8 Å². The monoisotopic (exact) mass is 407 g/mol. The summed E-state index contributed by atoms with van der Waals surface area (Å²) in [5, 5.41) is 25.9. The average Bonchev–Trinajstić information content (AvgIpc) is 2.60. The van der Waals surface area contributed by atoms with Gasteiger partial charge in [0, 0.05) is 41.7 Å². The van der Waals surface area contributed by atoms with Gasteiger partial charge < -0.3 is 15.7 Å². The van der Waals surface area contributed by atoms with Crippen molar-refractivity contribution < 1.29 is 14.8 Å². The molecular weight excluding hydrogens is 390 g/mol. The van der Waals surface area contributed by atoms with Crippen LogP contribution in [0.2, 0.25) is 0 Å². The molecule has 0 radical (unpaired) electrons. The summed E-state index contributed by atoms with van der Waals surface area (Å²) in [5.41, 5.74) is 1.72. The molecule has 8 heteroatoms. The molecule has 0 amide bonds. The Kier molecular flexibility index (Phi) is 6.91. The maximum atomic E-state index is 12.2. The van der Waals surface area contributed by atoms with Gasteiger partial charge in [-0.1, -0.05) is 28.1 Å². The molecule has 0 aliphatic carbocycles. The summed E-state index contributed by atoms with van der Waals surface area (Å²) in [7, 11) is 0. The zero-order valence-corrected chi connectivity index (χ0v) is 15.0. The predicted molar refractivity (Wildman–Crippen MR) is 100 cm³/mol. The minimum atomic E-state index is -0.478. The van der Waals surface area contributed by atoms with E-state index < -0.39 is 4.92 Å². The summed E-state index contributed by atoms with van der Waals surface area (Å²) < 4.78 is 0.901. The number of hydrogen-bond acceptors (Lipinski definition) is 6. The van der Waals surface area contributed by atoms with Gasteiger partial charge in [0.15, 0.2) is 5.78 Å². The number of nitro benzene ring substituents is 1. The number of halogens is 1. The molecule has 2 rings (SSSR count). The van der Waals surface area contributed by atoms with Crippen LogP contribution in [-0.2, 0) is 0 Å². The molecule has 0 heterocycles. The second-order valence-corrected chi connectivity index (χ2v) is 6.16. The highest BCUT2D eigenvalue weighted by molar-refractivity contribution is 9.10. The number of ketones is 1. The number of nitrogens with one attached hydrogen (secondary N) is 2. The summed E-state index contributed by atoms with van der Waals surface area (Å²) in [4.78, 5) is 22.6. The van der Waals surface area contributed by atoms with Gasteiger partial charge in [-0.2, -0.15) is 0 Å². The third-order valence-corrected chi connectivity index (χ3v) is 4.00. The van der Waals surface area contributed by atoms with Crippen LogP contribution in [0.25, 0.3) is 0 Å². The van der Waals surface area contributed by atoms with E-state index in [1.165, 1.54) is 12.1 Å². The SMILES string of the molecule is O=C(CCNc1cc([N+](=O)[O-])ccc1NCCO)c1ccc(Br)cc1. The smallest absolute Gasteiger partial charge is 0.271 e. The van der Waals surface area contributed by atoms with Gasteiger partial charge >= 0.3 is 0 Å². The summed E-state index contributed by atoms with van der Waals surface area (Å²) in [6.07, 6.45) is 0.254. The van der Waals surface area contributed by atoms with E-state index in [1.807, 2.05) is 0 Å². The van der Waals surface area contributed by atoms with E-state index in [2.05, 4.69) is 26.6 Å². The lowest BCUT2D eigenvalue weighted by molar-refractivity contribution is -0.384. The molecule has 0 unspecified atom stereocenters. The Bertz CT molecular complexity index is 750. The zero-order valence-electron chi connectivity index (χ0n) is 13.4. The van der Waals surface area contributed by atoms with Gasteiger partial charge in [-0.05, 0) is 18.2 Å². The molecular formula is C17H18BrN3O4. The first-order valence-corrected chi connectivity index (χ1v) is 8.46. The quantitative estimate of drug-likeness (QED) is 0.334. The molecule has 0 saturated carbocycles. The van der Waals surface area contributed by atoms with Gasteiger partial charge in [0.05, 0.1) is 22.9 Å². The fourth-order valence-electron chi connectivity index (χ4n) is 2.23. The van der Waals surface area contributed by atoms with Crippen molar-refractivity contribution in [2.75, 3.05) is 30.3 Å². The lowest BCUT2D eigenvalue weighted by Crippen LogP contribution is -2.12. The van der Waals surface area contributed by atoms with Crippen molar-refractivity contribution in [1.82, 2.24) is 0 Å². The Morgan fingerprint density at radius 2 is 1.76 bits per heavy atom. The van der Waals surface area contributed by atoms with Crippen molar-refractivity contribution in [2.45, 2.75) is 6.42 Å². The third-order valence-electron chi connectivity index (χ3n) is 3.47. The first-order valence-electron chi connectivity index (χ1n) is 7.67. The predicted octanol–water partition coefficient (Wildman–Crippen LogP) is 3.45. The fraction of sp³-hybridized carbons (Fsp3) is 0.235. The number of rotatable bonds is 9. The van der Waals surface area contributed by atoms with Crippen molar-refractivity contribution >= 4 is 38.8 Å². The zero-order chi connectivity index (χ0) is 18.2. The van der Waals surface area contributed by atoms with Crippen LogP contribution >= 0.6 is 15.9 Å². The number of carbonyl (C=O) groups excluding carboxylic acids is 1. The lowest BCUT2D eigenvalue weighted by atomic mass is 10.1. The second kappa shape index (κ2) is 9.14. The van der Waals surface area contributed by atoms with E-state index in [9.17, 15) is 14.9 Å². The number of Topliss-reactive ketones (excluding diaryl/α,β-unsaturated/α-hetero) is 1. The maximum Gasteiger partial charge on any atom is 0.271 e. The van der Waals surface area contributed by atoms with E-state index in [0.717, 1.165) is 4.47 Å². The molecule has 0 aliphatic rings. The van der Waals surface area contributed by atoms with Crippen LogP contribution in [0.5, 0.6) is 0 Å². The summed E-state index contributed by atoms with van der Waals surface area (Å²) in [6.45, 7) is 0.604. The van der Waals surface area contributed by atoms with Crippen molar-refractivity contribution in [2.24, 2.45) is 0 Å². The van der Waals surface area contributed by atoms with Crippen molar-refractivity contribution in [1.29, 1.82) is 0 Å². The number of non-ortho nitro benzene ring substituents is 1. The van der Waals surface area contributed by atoms with E-state index in [1.54, 1.807) is 30.3 Å². The topological polar surface area (TPSA) is 104 Å². The van der Waals surface area contributed by atoms with Crippen molar-refractivity contribution in [3.8, 4) is 0 Å². The summed E-state index contributed by atoms with van der Waals surface area (Å²) in [6, 6.07) is 11.5. The lowest BCUT2D eigenvalue weighted by Gasteiger charge is -2.13. The van der Waals surface area contributed by atoms with E-state index >= 15 is 0 Å². The van der Waals surface area contributed by atoms with E-state index in [4.69, 9.17) is 5.11 Å². The summed E-state index contributed by atoms with van der Waals surface area (Å²) in [5.74, 6) is -0.0182. The van der Waals surface area contributed by atoms with Crippen LogP contribution in [0.15, 0.2) is 46.9 Å². The Labute approximate surface area is 153 Å². The van der Waals surface area contributed by atoms with Crippen LogP contribution in [0.3, 0.4) is 0 Å². The van der Waals surface area contributed by atoms with Gasteiger partial charge in [-0.25, -0.2) is 0 Å². The molecule has 7 nitrogen and oxygen atoms in total. The molecule has 3 N–H and O–H groups in total. The molecule has 0 spiro atoms. The van der Waals surface area contributed by atoms with E-state index in [0.29, 0.717) is 30.0 Å². The van der Waals surface area contributed by atoms with Crippen molar-refractivity contribution in [3.05, 3.63) is 62.6 Å². The van der Waals surface area contributed by atoms with Crippen LogP contribution in [0, 0.1) is 10.1 Å². The molecule has 0 aliphatic heterocycles. The highest BCUT2D eigenvalue weighted by Gasteiger charge is 2.11. The molecule has 0 aromatic heterocycles. The summed E-state index contributed by atoms with van der Waals surface area (Å²) >= 11 is 3.32. The Morgan fingerprint density at radius 1 is 1.08 bits per heavy atom. The van der Waals surface area contributed by atoms with Gasteiger partial charge in [0.25, 0.3) is 5.69 Å². The first kappa shape index (κ1) is 18.9. The van der Waals surface area contributed by atoms with Crippen molar-refractivity contribution in [3.63, 3.8) is 0 Å². The second-order valence-electron chi connectivity index (χ2n) is 5.24. The Hall–Kier alpha value is -2.45. The number of nitrogens with zero attached hydrogens (tertiary/aromatic N) is 1. The van der Waals surface area contributed by atoms with Gasteiger partial charge in [0.2, 0.25) is 0 Å². The molecule has 2 aromatic rings. The number of benzene rings is 2. The molecule has 0 atom stereocenters. The minimum absolute atomic E-state index is 0.0182. The average molecular weight is 408 g/mol. The van der Waals surface area contributed by atoms with Crippen LogP contribution in [-0.4, -0.2) is 35.5 Å². The van der Waals surface area contributed by atoms with E-state index in [-0.39, 0.29) is 24.5 Å². The van der Waals surface area contributed by atoms with Gasteiger partial charge in [-0.15, -0.1) is 0 Å². The maximum absolute atomic E-state index is 12.2. The van der Waals surface area contributed by atoms with Gasteiger partial charge in [-0.3, -0.25) is 14.9 Å². The molecule has 0 saturated heterocycles. The largest absolute Gasteiger partial charge is 0.395 e. The number of aliphatic hydroxyl groups is 1. The highest BCUT2D eigenvalue weighted by atomic mass is 79.9. The molecule has 132 valence electrons. The molecule has 25 heavy (non-hydrogen) atoms. The number of hydrogen-bond donors (Lipinski definition) is 3. The number of aliphatic hydroxyl groups excluding tert-OH is 1. The standard InChI is InChI=1S/C17H18BrN3O4/c18-13-3-1-12(2-4-13)17(23)7-8-19-16-11-14(21(24)25)5-6-15(16)20-9-10-22/h1-6,11,19-20,22H,7-10H2. The third kappa shape index (κ3) is 5.54. The van der Waals surface area contributed by atoms with Gasteiger partial charge in [0.1, 0.15) is 0 Å². The molecule has 2 aromatic carbocycles. The number of nitro groups is 1. The fourth-order valence-corrected chi connectivity index (χ4v) is 2.49. The minimum Gasteiger partial charge on any atom is -0.395 e. The number of carbonyl (C=O) groups is 1.